The third-order valence-corrected chi connectivity index (χ3v) is 5.00. The van der Waals surface area contributed by atoms with Gasteiger partial charge >= 0.3 is 5.97 Å². The zero-order chi connectivity index (χ0) is 21.7. The lowest BCUT2D eigenvalue weighted by molar-refractivity contribution is -0.145. The van der Waals surface area contributed by atoms with Crippen LogP contribution in [0.5, 0.6) is 5.75 Å². The molecular formula is C20H16ClN3O5S. The summed E-state index contributed by atoms with van der Waals surface area (Å²) in [6.45, 7) is 1.32. The monoisotopic (exact) mass is 445 g/mol. The van der Waals surface area contributed by atoms with Crippen molar-refractivity contribution in [3.63, 3.8) is 0 Å². The molecule has 1 heterocycles. The highest BCUT2D eigenvalue weighted by molar-refractivity contribution is 8.18. The lowest BCUT2D eigenvalue weighted by Crippen LogP contribution is -2.34. The van der Waals surface area contributed by atoms with Crippen LogP contribution < -0.4 is 0 Å². The molecule has 1 aliphatic rings. The summed E-state index contributed by atoms with van der Waals surface area (Å²) < 4.78 is 4.77. The van der Waals surface area contributed by atoms with Crippen LogP contribution in [-0.4, -0.2) is 40.3 Å². The van der Waals surface area contributed by atoms with Gasteiger partial charge in [-0.3, -0.25) is 19.3 Å². The second-order valence-electron chi connectivity index (χ2n) is 6.00. The van der Waals surface area contributed by atoms with E-state index in [0.717, 1.165) is 4.90 Å². The van der Waals surface area contributed by atoms with Gasteiger partial charge in [0.1, 0.15) is 12.3 Å². The van der Waals surface area contributed by atoms with Crippen molar-refractivity contribution in [2.24, 2.45) is 10.2 Å². The summed E-state index contributed by atoms with van der Waals surface area (Å²) >= 11 is 6.59. The van der Waals surface area contributed by atoms with Crippen LogP contribution >= 0.6 is 23.4 Å². The molecule has 154 valence electrons. The number of ether oxygens (including phenoxy) is 1. The number of amides is 2. The Bertz CT molecular complexity index is 1070. The third kappa shape index (κ3) is 5.25. The molecule has 30 heavy (non-hydrogen) atoms. The number of phenolic OH excluding ortho intramolecular Hbond substituents is 1. The van der Waals surface area contributed by atoms with Crippen LogP contribution in [0.1, 0.15) is 12.5 Å². The minimum absolute atomic E-state index is 0.0727. The predicted molar refractivity (Wildman–Crippen MR) is 113 cm³/mol. The maximum Gasteiger partial charge on any atom is 0.326 e. The fraction of sp³-hybridized carbons (Fsp3) is 0.150. The van der Waals surface area contributed by atoms with Gasteiger partial charge in [0.2, 0.25) is 0 Å². The largest absolute Gasteiger partial charge is 0.507 e. The average Bonchev–Trinajstić information content (AvgIpc) is 2.96. The molecule has 0 aromatic heterocycles. The normalized spacial score (nSPS) is 15.4. The van der Waals surface area contributed by atoms with E-state index in [4.69, 9.17) is 16.3 Å². The van der Waals surface area contributed by atoms with Gasteiger partial charge in [-0.1, -0.05) is 17.7 Å². The molecule has 10 heteroatoms. The second kappa shape index (κ2) is 9.55. The quantitative estimate of drug-likeness (QED) is 0.378. The van der Waals surface area contributed by atoms with E-state index in [-0.39, 0.29) is 22.8 Å². The van der Waals surface area contributed by atoms with Crippen LogP contribution in [0, 0.1) is 0 Å². The van der Waals surface area contributed by atoms with Gasteiger partial charge < -0.3 is 9.84 Å². The van der Waals surface area contributed by atoms with Gasteiger partial charge in [0, 0.05) is 10.6 Å². The van der Waals surface area contributed by atoms with Crippen LogP contribution in [0.2, 0.25) is 5.02 Å². The molecule has 3 rings (SSSR count). The summed E-state index contributed by atoms with van der Waals surface area (Å²) in [4.78, 5) is 37.0. The Balaban J connectivity index is 1.81. The number of rotatable bonds is 6. The summed E-state index contributed by atoms with van der Waals surface area (Å²) in [6.07, 6.45) is 1.36. The minimum Gasteiger partial charge on any atom is -0.507 e. The Morgan fingerprint density at radius 1 is 1.20 bits per heavy atom. The van der Waals surface area contributed by atoms with Gasteiger partial charge in [0.05, 0.1) is 22.9 Å². The zero-order valence-corrected chi connectivity index (χ0v) is 17.3. The molecule has 1 N–H and O–H groups in total. The van der Waals surface area contributed by atoms with E-state index in [1.165, 1.54) is 18.2 Å². The van der Waals surface area contributed by atoms with Crippen molar-refractivity contribution >= 4 is 57.9 Å². The number of carbonyl (C=O) groups excluding carboxylic acids is 3. The number of hydrogen-bond donors (Lipinski definition) is 1. The number of thioether (sulfide) groups is 1. The first-order valence-corrected chi connectivity index (χ1v) is 9.98. The first kappa shape index (κ1) is 21.5. The van der Waals surface area contributed by atoms with Crippen LogP contribution in [-0.2, 0) is 14.3 Å². The fourth-order valence-electron chi connectivity index (χ4n) is 2.49. The molecule has 2 aromatic carbocycles. The average molecular weight is 446 g/mol. The summed E-state index contributed by atoms with van der Waals surface area (Å²) in [5, 5.41) is 18.2. The maximum absolute atomic E-state index is 12.5. The number of phenols is 1. The molecule has 8 nitrogen and oxygen atoms in total. The van der Waals surface area contributed by atoms with Crippen molar-refractivity contribution in [2.75, 3.05) is 13.2 Å². The maximum atomic E-state index is 12.5. The molecule has 1 aliphatic heterocycles. The standard InChI is InChI=1S/C20H16ClN3O5S/c1-2-29-18(26)11-24-19(27)17(30-20(24)28)9-12-8-15(6-7-16(12)25)23-22-14-5-3-4-13(21)10-14/h3-10,25H,2,11H2,1H3/b17-9-,23-22?. The Morgan fingerprint density at radius 3 is 2.63 bits per heavy atom. The van der Waals surface area contributed by atoms with E-state index in [9.17, 15) is 19.5 Å². The van der Waals surface area contributed by atoms with E-state index < -0.39 is 23.7 Å². The number of imide groups is 1. The van der Waals surface area contributed by atoms with E-state index in [0.29, 0.717) is 28.2 Å². The van der Waals surface area contributed by atoms with Gasteiger partial charge in [0.25, 0.3) is 11.1 Å². The number of hydrogen-bond acceptors (Lipinski definition) is 8. The lowest BCUT2D eigenvalue weighted by Gasteiger charge is -2.10. The van der Waals surface area contributed by atoms with Crippen molar-refractivity contribution < 1.29 is 24.2 Å². The topological polar surface area (TPSA) is 109 Å². The molecule has 0 bridgehead atoms. The molecule has 2 aromatic rings. The lowest BCUT2D eigenvalue weighted by atomic mass is 10.1. The summed E-state index contributed by atoms with van der Waals surface area (Å²) in [5.74, 6) is -1.41. The summed E-state index contributed by atoms with van der Waals surface area (Å²) in [6, 6.07) is 11.3. The molecule has 1 fully saturated rings. The number of azo groups is 1. The Kier molecular flexibility index (Phi) is 6.86. The zero-order valence-electron chi connectivity index (χ0n) is 15.7. The van der Waals surface area contributed by atoms with Gasteiger partial charge in [-0.25, -0.2) is 0 Å². The van der Waals surface area contributed by atoms with Gasteiger partial charge in [-0.15, -0.1) is 0 Å². The Hall–Kier alpha value is -3.17. The highest BCUT2D eigenvalue weighted by Gasteiger charge is 2.36. The molecule has 0 atom stereocenters. The number of benzene rings is 2. The van der Waals surface area contributed by atoms with E-state index >= 15 is 0 Å². The summed E-state index contributed by atoms with van der Waals surface area (Å²) in [7, 11) is 0. The Morgan fingerprint density at radius 2 is 1.93 bits per heavy atom. The first-order chi connectivity index (χ1) is 14.4. The van der Waals surface area contributed by atoms with E-state index in [1.54, 1.807) is 37.3 Å². The van der Waals surface area contributed by atoms with Crippen LogP contribution in [0.4, 0.5) is 16.2 Å². The number of carbonyl (C=O) groups is 3. The van der Waals surface area contributed by atoms with Crippen molar-refractivity contribution in [1.82, 2.24) is 4.90 Å². The van der Waals surface area contributed by atoms with Gasteiger partial charge in [0.15, 0.2) is 0 Å². The number of nitrogens with zero attached hydrogens (tertiary/aromatic N) is 3. The number of halogens is 1. The molecule has 0 unspecified atom stereocenters. The SMILES string of the molecule is CCOC(=O)CN1C(=O)S/C(=C\c2cc(N=Nc3cccc(Cl)c3)ccc2O)C1=O. The van der Waals surface area contributed by atoms with Crippen LogP contribution in [0.3, 0.4) is 0 Å². The second-order valence-corrected chi connectivity index (χ2v) is 7.43. The van der Waals surface area contributed by atoms with Gasteiger partial charge in [-0.2, -0.15) is 10.2 Å². The molecule has 0 aliphatic carbocycles. The molecule has 1 saturated heterocycles. The smallest absolute Gasteiger partial charge is 0.326 e. The predicted octanol–water partition coefficient (Wildman–Crippen LogP) is 5.06. The van der Waals surface area contributed by atoms with Gasteiger partial charge in [-0.05, 0) is 61.2 Å². The Labute approximate surface area is 181 Å². The fourth-order valence-corrected chi connectivity index (χ4v) is 3.50. The highest BCUT2D eigenvalue weighted by Crippen LogP contribution is 2.35. The first-order valence-electron chi connectivity index (χ1n) is 8.78. The summed E-state index contributed by atoms with van der Waals surface area (Å²) in [5.41, 5.74) is 1.25. The molecule has 0 saturated carbocycles. The van der Waals surface area contributed by atoms with Crippen molar-refractivity contribution in [2.45, 2.75) is 6.92 Å². The highest BCUT2D eigenvalue weighted by atomic mass is 35.5. The number of aromatic hydroxyl groups is 1. The van der Waals surface area contributed by atoms with Crippen molar-refractivity contribution in [1.29, 1.82) is 0 Å². The molecule has 0 spiro atoms. The third-order valence-electron chi connectivity index (χ3n) is 3.85. The van der Waals surface area contributed by atoms with Crippen LogP contribution in [0.15, 0.2) is 57.6 Å². The molecule has 2 amide bonds. The van der Waals surface area contributed by atoms with E-state index in [1.807, 2.05) is 0 Å². The minimum atomic E-state index is -0.674. The molecule has 0 radical (unpaired) electrons. The van der Waals surface area contributed by atoms with E-state index in [2.05, 4.69) is 10.2 Å². The number of esters is 1. The van der Waals surface area contributed by atoms with Crippen molar-refractivity contribution in [3.05, 3.63) is 58.0 Å². The van der Waals surface area contributed by atoms with Crippen molar-refractivity contribution in [3.8, 4) is 5.75 Å². The van der Waals surface area contributed by atoms with Crippen LogP contribution in [0.25, 0.3) is 6.08 Å². The molecular weight excluding hydrogens is 430 g/mol.